The van der Waals surface area contributed by atoms with Crippen LogP contribution in [0.5, 0.6) is 0 Å². The summed E-state index contributed by atoms with van der Waals surface area (Å²) in [7, 11) is 0. The minimum atomic E-state index is 0.0952. The predicted molar refractivity (Wildman–Crippen MR) is 83.1 cm³/mol. The number of hydrogen-bond donors (Lipinski definition) is 1. The fraction of sp³-hybridized carbons (Fsp3) is 0.231. The van der Waals surface area contributed by atoms with Crippen molar-refractivity contribution in [3.63, 3.8) is 0 Å². The Labute approximate surface area is 130 Å². The van der Waals surface area contributed by atoms with Crippen LogP contribution in [0.15, 0.2) is 30.9 Å². The second kappa shape index (κ2) is 5.79. The van der Waals surface area contributed by atoms with Gasteiger partial charge in [-0.1, -0.05) is 0 Å². The molecule has 0 aliphatic rings. The number of aromatic nitrogens is 5. The summed E-state index contributed by atoms with van der Waals surface area (Å²) >= 11 is 7.71. The molecule has 108 valence electrons. The van der Waals surface area contributed by atoms with Crippen molar-refractivity contribution in [2.75, 3.05) is 5.32 Å². The lowest BCUT2D eigenvalue weighted by Gasteiger charge is -2.12. The quantitative estimate of drug-likeness (QED) is 0.799. The lowest BCUT2D eigenvalue weighted by atomic mass is 10.3. The molecule has 1 unspecified atom stereocenters. The lowest BCUT2D eigenvalue weighted by Crippen LogP contribution is -2.11. The molecule has 0 fully saturated rings. The van der Waals surface area contributed by atoms with E-state index in [9.17, 15) is 0 Å². The number of imidazole rings is 1. The van der Waals surface area contributed by atoms with Crippen molar-refractivity contribution in [2.45, 2.75) is 19.9 Å². The van der Waals surface area contributed by atoms with E-state index in [2.05, 4.69) is 51.2 Å². The Morgan fingerprint density at radius 1 is 1.29 bits per heavy atom. The van der Waals surface area contributed by atoms with Crippen LogP contribution in [0, 0.1) is 6.92 Å². The first-order valence-electron chi connectivity index (χ1n) is 6.34. The molecule has 1 N–H and O–H groups in total. The van der Waals surface area contributed by atoms with Gasteiger partial charge in [0.1, 0.15) is 6.33 Å². The van der Waals surface area contributed by atoms with E-state index in [1.807, 2.05) is 0 Å². The van der Waals surface area contributed by atoms with Crippen molar-refractivity contribution in [3.8, 4) is 5.95 Å². The molecule has 0 aromatic carbocycles. The van der Waals surface area contributed by atoms with Gasteiger partial charge in [-0.25, -0.2) is 4.98 Å². The molecule has 21 heavy (non-hydrogen) atoms. The standard InChI is InChI=1S/C13H13ClN6S/c1-8-3-4-10(21-8)9(2)16-12-17-11(14)18-13(19-12)20-6-5-15-7-20/h3-7,9H,1-2H3,(H,16,17,18,19). The molecule has 0 bridgehead atoms. The van der Waals surface area contributed by atoms with Gasteiger partial charge in [-0.05, 0) is 37.6 Å². The zero-order valence-corrected chi connectivity index (χ0v) is 13.1. The van der Waals surface area contributed by atoms with Gasteiger partial charge in [-0.2, -0.15) is 15.0 Å². The van der Waals surface area contributed by atoms with Crippen molar-refractivity contribution < 1.29 is 0 Å². The summed E-state index contributed by atoms with van der Waals surface area (Å²) in [6, 6.07) is 4.28. The Hall–Kier alpha value is -1.99. The molecule has 1 atom stereocenters. The van der Waals surface area contributed by atoms with Gasteiger partial charge in [0, 0.05) is 22.1 Å². The normalized spacial score (nSPS) is 12.3. The lowest BCUT2D eigenvalue weighted by molar-refractivity contribution is 0.844. The van der Waals surface area contributed by atoms with Crippen LogP contribution in [0.25, 0.3) is 5.95 Å². The zero-order chi connectivity index (χ0) is 14.8. The Morgan fingerprint density at radius 2 is 2.14 bits per heavy atom. The number of halogens is 1. The van der Waals surface area contributed by atoms with E-state index < -0.39 is 0 Å². The Bertz CT molecular complexity index is 739. The molecular formula is C13H13ClN6S. The van der Waals surface area contributed by atoms with E-state index in [0.717, 1.165) is 0 Å². The van der Waals surface area contributed by atoms with E-state index in [-0.39, 0.29) is 11.3 Å². The molecule has 0 aliphatic heterocycles. The molecular weight excluding hydrogens is 308 g/mol. The van der Waals surface area contributed by atoms with Crippen LogP contribution in [0.4, 0.5) is 5.95 Å². The Balaban J connectivity index is 1.85. The SMILES string of the molecule is Cc1ccc(C(C)Nc2nc(Cl)nc(-n3ccnc3)n2)s1. The topological polar surface area (TPSA) is 68.5 Å². The van der Waals surface area contributed by atoms with Crippen LogP contribution in [-0.4, -0.2) is 24.5 Å². The van der Waals surface area contributed by atoms with Crippen LogP contribution in [0.1, 0.15) is 22.7 Å². The monoisotopic (exact) mass is 320 g/mol. The number of aryl methyl sites for hydroxylation is 1. The van der Waals surface area contributed by atoms with Crippen LogP contribution in [-0.2, 0) is 0 Å². The third-order valence-corrected chi connectivity index (χ3v) is 4.22. The van der Waals surface area contributed by atoms with E-state index in [4.69, 9.17) is 11.6 Å². The third-order valence-electron chi connectivity index (χ3n) is 2.87. The molecule has 8 heteroatoms. The molecule has 3 rings (SSSR count). The highest BCUT2D eigenvalue weighted by Crippen LogP contribution is 2.25. The van der Waals surface area contributed by atoms with Crippen molar-refractivity contribution in [1.29, 1.82) is 0 Å². The number of anilines is 1. The molecule has 6 nitrogen and oxygen atoms in total. The zero-order valence-electron chi connectivity index (χ0n) is 11.5. The summed E-state index contributed by atoms with van der Waals surface area (Å²) in [5.74, 6) is 0.877. The molecule has 0 aliphatic carbocycles. The second-order valence-corrected chi connectivity index (χ2v) is 6.17. The summed E-state index contributed by atoms with van der Waals surface area (Å²) in [5.41, 5.74) is 0. The first kappa shape index (κ1) is 14.0. The third kappa shape index (κ3) is 3.20. The molecule has 0 amide bonds. The van der Waals surface area contributed by atoms with Crippen LogP contribution < -0.4 is 5.32 Å². The van der Waals surface area contributed by atoms with Crippen LogP contribution in [0.2, 0.25) is 5.28 Å². The molecule has 3 heterocycles. The first-order chi connectivity index (χ1) is 10.1. The average molecular weight is 321 g/mol. The molecule has 0 radical (unpaired) electrons. The van der Waals surface area contributed by atoms with E-state index >= 15 is 0 Å². The molecule has 3 aromatic rings. The fourth-order valence-corrected chi connectivity index (χ4v) is 2.88. The minimum Gasteiger partial charge on any atom is -0.347 e. The van der Waals surface area contributed by atoms with Gasteiger partial charge in [-0.15, -0.1) is 11.3 Å². The summed E-state index contributed by atoms with van der Waals surface area (Å²) in [4.78, 5) is 19.0. The largest absolute Gasteiger partial charge is 0.347 e. The maximum absolute atomic E-state index is 5.97. The van der Waals surface area contributed by atoms with Crippen LogP contribution in [0.3, 0.4) is 0 Å². The Morgan fingerprint density at radius 3 is 2.81 bits per heavy atom. The van der Waals surface area contributed by atoms with Crippen molar-refractivity contribution >= 4 is 28.9 Å². The first-order valence-corrected chi connectivity index (χ1v) is 7.54. The highest BCUT2D eigenvalue weighted by molar-refractivity contribution is 7.12. The molecule has 0 saturated carbocycles. The average Bonchev–Trinajstić information content (AvgIpc) is 3.08. The van der Waals surface area contributed by atoms with Crippen molar-refractivity contribution in [3.05, 3.63) is 45.9 Å². The number of nitrogens with zero attached hydrogens (tertiary/aromatic N) is 5. The summed E-state index contributed by atoms with van der Waals surface area (Å²) in [6.45, 7) is 4.14. The summed E-state index contributed by atoms with van der Waals surface area (Å²) < 4.78 is 1.68. The molecule has 0 spiro atoms. The van der Waals surface area contributed by atoms with E-state index in [1.54, 1.807) is 34.6 Å². The highest BCUT2D eigenvalue weighted by Gasteiger charge is 2.12. The van der Waals surface area contributed by atoms with Gasteiger partial charge < -0.3 is 5.32 Å². The number of rotatable bonds is 4. The summed E-state index contributed by atoms with van der Waals surface area (Å²) in [6.07, 6.45) is 5.02. The molecule has 0 saturated heterocycles. The minimum absolute atomic E-state index is 0.0952. The number of hydrogen-bond acceptors (Lipinski definition) is 6. The van der Waals surface area contributed by atoms with Gasteiger partial charge in [0.25, 0.3) is 0 Å². The van der Waals surface area contributed by atoms with E-state index in [0.29, 0.717) is 11.9 Å². The number of thiophene rings is 1. The van der Waals surface area contributed by atoms with Crippen molar-refractivity contribution in [1.82, 2.24) is 24.5 Å². The number of nitrogens with one attached hydrogen (secondary N) is 1. The maximum Gasteiger partial charge on any atom is 0.241 e. The van der Waals surface area contributed by atoms with Crippen LogP contribution >= 0.6 is 22.9 Å². The van der Waals surface area contributed by atoms with E-state index in [1.165, 1.54) is 9.75 Å². The van der Waals surface area contributed by atoms with Gasteiger partial charge in [0.15, 0.2) is 0 Å². The smallest absolute Gasteiger partial charge is 0.241 e. The maximum atomic E-state index is 5.97. The summed E-state index contributed by atoms with van der Waals surface area (Å²) in [5, 5.41) is 3.39. The van der Waals surface area contributed by atoms with Gasteiger partial charge in [-0.3, -0.25) is 4.57 Å². The predicted octanol–water partition coefficient (Wildman–Crippen LogP) is 3.25. The fourth-order valence-electron chi connectivity index (χ4n) is 1.85. The van der Waals surface area contributed by atoms with Crippen molar-refractivity contribution in [2.24, 2.45) is 0 Å². The van der Waals surface area contributed by atoms with Gasteiger partial charge in [0.2, 0.25) is 17.2 Å². The Kier molecular flexibility index (Phi) is 3.85. The van der Waals surface area contributed by atoms with Gasteiger partial charge >= 0.3 is 0 Å². The highest BCUT2D eigenvalue weighted by atomic mass is 35.5. The second-order valence-electron chi connectivity index (χ2n) is 4.51. The van der Waals surface area contributed by atoms with Gasteiger partial charge in [0.05, 0.1) is 6.04 Å². The molecule has 3 aromatic heterocycles.